The lowest BCUT2D eigenvalue weighted by Crippen LogP contribution is -2.36. The molecule has 1 aliphatic rings. The number of anilines is 1. The normalized spacial score (nSPS) is 19.6. The van der Waals surface area contributed by atoms with Gasteiger partial charge in [-0.3, -0.25) is 0 Å². The predicted molar refractivity (Wildman–Crippen MR) is 86.2 cm³/mol. The van der Waals surface area contributed by atoms with Crippen LogP contribution in [0, 0.1) is 0 Å². The third-order valence-corrected chi connectivity index (χ3v) is 3.93. The van der Waals surface area contributed by atoms with Crippen molar-refractivity contribution in [3.63, 3.8) is 0 Å². The van der Waals surface area contributed by atoms with Crippen LogP contribution in [0.25, 0.3) is 0 Å². The van der Waals surface area contributed by atoms with Gasteiger partial charge < -0.3 is 15.0 Å². The lowest BCUT2D eigenvalue weighted by molar-refractivity contribution is 0.121. The Morgan fingerprint density at radius 3 is 2.85 bits per heavy atom. The van der Waals surface area contributed by atoms with Gasteiger partial charge in [0.25, 0.3) is 0 Å². The van der Waals surface area contributed by atoms with Crippen molar-refractivity contribution in [1.82, 2.24) is 10.3 Å². The monoisotopic (exact) mass is 341 g/mol. The molecule has 2 heterocycles. The average Bonchev–Trinajstić information content (AvgIpc) is 2.84. The SMILES string of the molecule is COC1CCN(c2ncc(Br)cc2CNC(C)(C)C)C1. The summed E-state index contributed by atoms with van der Waals surface area (Å²) in [7, 11) is 1.78. The first kappa shape index (κ1) is 15.7. The Morgan fingerprint density at radius 1 is 1.50 bits per heavy atom. The van der Waals surface area contributed by atoms with Crippen LogP contribution in [0.3, 0.4) is 0 Å². The maximum Gasteiger partial charge on any atom is 0.133 e. The fraction of sp³-hybridized carbons (Fsp3) is 0.667. The van der Waals surface area contributed by atoms with Crippen LogP contribution in [-0.2, 0) is 11.3 Å². The summed E-state index contributed by atoms with van der Waals surface area (Å²) in [6.07, 6.45) is 3.26. The third-order valence-electron chi connectivity index (χ3n) is 3.50. The standard InChI is InChI=1S/C15H24BrN3O/c1-15(2,3)18-8-11-7-12(16)9-17-14(11)19-6-5-13(10-19)20-4/h7,9,13,18H,5-6,8,10H2,1-4H3. The van der Waals surface area contributed by atoms with E-state index in [-0.39, 0.29) is 5.54 Å². The van der Waals surface area contributed by atoms with Crippen molar-refractivity contribution < 1.29 is 4.74 Å². The highest BCUT2D eigenvalue weighted by molar-refractivity contribution is 9.10. The topological polar surface area (TPSA) is 37.4 Å². The minimum Gasteiger partial charge on any atom is -0.380 e. The molecule has 5 heteroatoms. The Bertz CT molecular complexity index is 459. The molecule has 112 valence electrons. The average molecular weight is 342 g/mol. The largest absolute Gasteiger partial charge is 0.380 e. The second kappa shape index (κ2) is 6.41. The Balaban J connectivity index is 2.16. The predicted octanol–water partition coefficient (Wildman–Crippen LogP) is 2.96. The van der Waals surface area contributed by atoms with Crippen LogP contribution in [0.1, 0.15) is 32.8 Å². The van der Waals surface area contributed by atoms with Gasteiger partial charge in [-0.15, -0.1) is 0 Å². The summed E-state index contributed by atoms with van der Waals surface area (Å²) in [5.41, 5.74) is 1.32. The van der Waals surface area contributed by atoms with E-state index < -0.39 is 0 Å². The first-order valence-electron chi connectivity index (χ1n) is 7.06. The van der Waals surface area contributed by atoms with Gasteiger partial charge in [-0.2, -0.15) is 0 Å². The number of hydrogen-bond donors (Lipinski definition) is 1. The van der Waals surface area contributed by atoms with E-state index in [2.05, 4.69) is 58.0 Å². The van der Waals surface area contributed by atoms with Gasteiger partial charge in [0.05, 0.1) is 6.10 Å². The summed E-state index contributed by atoms with van der Waals surface area (Å²) >= 11 is 3.52. The van der Waals surface area contributed by atoms with Gasteiger partial charge >= 0.3 is 0 Å². The van der Waals surface area contributed by atoms with Crippen LogP contribution in [0.15, 0.2) is 16.7 Å². The molecular formula is C15H24BrN3O. The van der Waals surface area contributed by atoms with E-state index in [1.165, 1.54) is 5.56 Å². The first-order valence-corrected chi connectivity index (χ1v) is 7.85. The van der Waals surface area contributed by atoms with E-state index in [0.29, 0.717) is 6.10 Å². The minimum atomic E-state index is 0.0969. The first-order chi connectivity index (χ1) is 9.39. The summed E-state index contributed by atoms with van der Waals surface area (Å²) in [5.74, 6) is 1.07. The van der Waals surface area contributed by atoms with Crippen molar-refractivity contribution in [3.05, 3.63) is 22.3 Å². The molecule has 1 atom stereocenters. The number of aromatic nitrogens is 1. The highest BCUT2D eigenvalue weighted by Gasteiger charge is 2.25. The van der Waals surface area contributed by atoms with Gasteiger partial charge in [0.1, 0.15) is 5.82 Å². The molecule has 1 aromatic rings. The molecule has 0 aromatic carbocycles. The van der Waals surface area contributed by atoms with Crippen LogP contribution in [0.5, 0.6) is 0 Å². The van der Waals surface area contributed by atoms with Crippen molar-refractivity contribution in [2.45, 2.75) is 45.4 Å². The van der Waals surface area contributed by atoms with Crippen LogP contribution >= 0.6 is 15.9 Å². The zero-order valence-corrected chi connectivity index (χ0v) is 14.3. The van der Waals surface area contributed by atoms with E-state index in [1.807, 2.05) is 6.20 Å². The van der Waals surface area contributed by atoms with E-state index in [0.717, 1.165) is 36.3 Å². The molecule has 0 aliphatic carbocycles. The summed E-state index contributed by atoms with van der Waals surface area (Å²) < 4.78 is 6.47. The Kier molecular flexibility index (Phi) is 5.04. The maximum absolute atomic E-state index is 5.45. The van der Waals surface area contributed by atoms with Gasteiger partial charge in [0.15, 0.2) is 0 Å². The molecule has 0 spiro atoms. The molecular weight excluding hydrogens is 318 g/mol. The molecule has 1 unspecified atom stereocenters. The Morgan fingerprint density at radius 2 is 2.25 bits per heavy atom. The smallest absolute Gasteiger partial charge is 0.133 e. The van der Waals surface area contributed by atoms with Crippen molar-refractivity contribution in [2.24, 2.45) is 0 Å². The van der Waals surface area contributed by atoms with Gasteiger partial charge in [-0.1, -0.05) is 0 Å². The molecule has 1 fully saturated rings. The highest BCUT2D eigenvalue weighted by atomic mass is 79.9. The Hall–Kier alpha value is -0.650. The number of rotatable bonds is 4. The zero-order valence-electron chi connectivity index (χ0n) is 12.7. The number of halogens is 1. The third kappa shape index (κ3) is 4.17. The number of nitrogens with one attached hydrogen (secondary N) is 1. The zero-order chi connectivity index (χ0) is 14.8. The molecule has 4 nitrogen and oxygen atoms in total. The second-order valence-electron chi connectivity index (χ2n) is 6.33. The van der Waals surface area contributed by atoms with Crippen molar-refractivity contribution >= 4 is 21.7 Å². The molecule has 0 amide bonds. The Labute approximate surface area is 130 Å². The van der Waals surface area contributed by atoms with Crippen LogP contribution < -0.4 is 10.2 Å². The van der Waals surface area contributed by atoms with Crippen molar-refractivity contribution in [3.8, 4) is 0 Å². The molecule has 0 bridgehead atoms. The van der Waals surface area contributed by atoms with E-state index in [1.54, 1.807) is 7.11 Å². The maximum atomic E-state index is 5.45. The van der Waals surface area contributed by atoms with Gasteiger partial charge in [-0.25, -0.2) is 4.98 Å². The van der Waals surface area contributed by atoms with E-state index >= 15 is 0 Å². The summed E-state index contributed by atoms with van der Waals surface area (Å²) in [5, 5.41) is 3.54. The number of ether oxygens (including phenoxy) is 1. The fourth-order valence-electron chi connectivity index (χ4n) is 2.36. The molecule has 0 radical (unpaired) electrons. The fourth-order valence-corrected chi connectivity index (χ4v) is 2.74. The lowest BCUT2D eigenvalue weighted by atomic mass is 10.1. The summed E-state index contributed by atoms with van der Waals surface area (Å²) in [4.78, 5) is 6.93. The summed E-state index contributed by atoms with van der Waals surface area (Å²) in [6, 6.07) is 2.15. The van der Waals surface area contributed by atoms with Gasteiger partial charge in [0, 0.05) is 48.5 Å². The van der Waals surface area contributed by atoms with Crippen molar-refractivity contribution in [1.29, 1.82) is 0 Å². The van der Waals surface area contributed by atoms with Crippen LogP contribution in [0.2, 0.25) is 0 Å². The molecule has 0 saturated carbocycles. The molecule has 1 aromatic heterocycles. The van der Waals surface area contributed by atoms with Gasteiger partial charge in [0.2, 0.25) is 0 Å². The molecule has 20 heavy (non-hydrogen) atoms. The molecule has 2 rings (SSSR count). The van der Waals surface area contributed by atoms with E-state index in [9.17, 15) is 0 Å². The highest BCUT2D eigenvalue weighted by Crippen LogP contribution is 2.26. The minimum absolute atomic E-state index is 0.0969. The number of nitrogens with zero attached hydrogens (tertiary/aromatic N) is 2. The number of methoxy groups -OCH3 is 1. The second-order valence-corrected chi connectivity index (χ2v) is 7.25. The van der Waals surface area contributed by atoms with Crippen LogP contribution in [0.4, 0.5) is 5.82 Å². The molecule has 1 aliphatic heterocycles. The quantitative estimate of drug-likeness (QED) is 0.913. The molecule has 1 saturated heterocycles. The van der Waals surface area contributed by atoms with Gasteiger partial charge in [-0.05, 0) is 49.2 Å². The van der Waals surface area contributed by atoms with Crippen LogP contribution in [-0.4, -0.2) is 36.8 Å². The number of hydrogen-bond acceptors (Lipinski definition) is 4. The lowest BCUT2D eigenvalue weighted by Gasteiger charge is -2.24. The summed E-state index contributed by atoms with van der Waals surface area (Å²) in [6.45, 7) is 9.28. The molecule has 1 N–H and O–H groups in total. The van der Waals surface area contributed by atoms with Crippen molar-refractivity contribution in [2.75, 3.05) is 25.1 Å². The van der Waals surface area contributed by atoms with E-state index in [4.69, 9.17) is 4.74 Å². The number of pyridine rings is 1.